The summed E-state index contributed by atoms with van der Waals surface area (Å²) >= 11 is 0. The Kier molecular flexibility index (Phi) is 9.87. The third-order valence-corrected chi connectivity index (χ3v) is 1.92. The van der Waals surface area contributed by atoms with Gasteiger partial charge in [0.15, 0.2) is 0 Å². The van der Waals surface area contributed by atoms with Gasteiger partial charge in [-0.15, -0.1) is 0 Å². The Morgan fingerprint density at radius 2 is 2.08 bits per heavy atom. The molecule has 0 aliphatic rings. The number of hydrogen-bond donors (Lipinski definition) is 2. The Hall–Kier alpha value is -0.120. The van der Waals surface area contributed by atoms with Gasteiger partial charge in [-0.25, -0.2) is 0 Å². The Labute approximate surface area is 81.5 Å². The van der Waals surface area contributed by atoms with E-state index in [1.807, 2.05) is 6.92 Å². The molecule has 0 amide bonds. The highest BCUT2D eigenvalue weighted by atomic mass is 16.5. The predicted molar refractivity (Wildman–Crippen MR) is 54.9 cm³/mol. The van der Waals surface area contributed by atoms with E-state index in [9.17, 15) is 0 Å². The summed E-state index contributed by atoms with van der Waals surface area (Å²) in [6, 6.07) is 0.103. The van der Waals surface area contributed by atoms with Crippen molar-refractivity contribution in [1.29, 1.82) is 0 Å². The van der Waals surface area contributed by atoms with Crippen LogP contribution in [0, 0.1) is 0 Å². The quantitative estimate of drug-likeness (QED) is 0.535. The van der Waals surface area contributed by atoms with Gasteiger partial charge in [0.25, 0.3) is 0 Å². The number of aliphatic hydroxyl groups is 1. The van der Waals surface area contributed by atoms with E-state index in [0.717, 1.165) is 19.6 Å². The molecule has 2 N–H and O–H groups in total. The van der Waals surface area contributed by atoms with E-state index < -0.39 is 0 Å². The highest BCUT2D eigenvalue weighted by molar-refractivity contribution is 4.62. The molecule has 1 atom stereocenters. The third-order valence-electron chi connectivity index (χ3n) is 1.92. The molecule has 0 aromatic carbocycles. The fraction of sp³-hybridized carbons (Fsp3) is 1.00. The van der Waals surface area contributed by atoms with E-state index in [4.69, 9.17) is 9.84 Å². The summed E-state index contributed by atoms with van der Waals surface area (Å²) in [4.78, 5) is 0. The highest BCUT2D eigenvalue weighted by Crippen LogP contribution is 1.94. The molecule has 0 bridgehead atoms. The van der Waals surface area contributed by atoms with E-state index >= 15 is 0 Å². The first-order valence-corrected chi connectivity index (χ1v) is 5.27. The second-order valence-corrected chi connectivity index (χ2v) is 3.22. The molecule has 0 heterocycles. The number of hydrogen-bond acceptors (Lipinski definition) is 3. The van der Waals surface area contributed by atoms with Crippen LogP contribution in [0.5, 0.6) is 0 Å². The van der Waals surface area contributed by atoms with Crippen molar-refractivity contribution in [3.63, 3.8) is 0 Å². The van der Waals surface area contributed by atoms with Crippen LogP contribution in [0.1, 0.15) is 33.1 Å². The molecule has 0 aromatic heterocycles. The van der Waals surface area contributed by atoms with Crippen LogP contribution in [0.25, 0.3) is 0 Å². The lowest BCUT2D eigenvalue weighted by molar-refractivity contribution is 0.0869. The lowest BCUT2D eigenvalue weighted by Crippen LogP contribution is -2.36. The minimum absolute atomic E-state index is 0.103. The molecule has 0 saturated heterocycles. The molecular weight excluding hydrogens is 166 g/mol. The molecule has 0 saturated carbocycles. The van der Waals surface area contributed by atoms with Crippen LogP contribution >= 0.6 is 0 Å². The standard InChI is InChI=1S/C10H23NO2/c1-3-5-6-7-13-9-10(8-12)11-4-2/h10-12H,3-9H2,1-2H3. The van der Waals surface area contributed by atoms with Crippen LogP contribution in [0.2, 0.25) is 0 Å². The molecule has 1 unspecified atom stereocenters. The molecule has 0 spiro atoms. The van der Waals surface area contributed by atoms with Crippen molar-refractivity contribution in [2.75, 3.05) is 26.4 Å². The van der Waals surface area contributed by atoms with Crippen LogP contribution < -0.4 is 5.32 Å². The van der Waals surface area contributed by atoms with Crippen LogP contribution in [0.3, 0.4) is 0 Å². The fourth-order valence-electron chi connectivity index (χ4n) is 1.14. The zero-order valence-corrected chi connectivity index (χ0v) is 8.88. The number of unbranched alkanes of at least 4 members (excludes halogenated alkanes) is 2. The molecule has 13 heavy (non-hydrogen) atoms. The first-order chi connectivity index (χ1) is 6.35. The minimum Gasteiger partial charge on any atom is -0.395 e. The molecule has 0 aromatic rings. The topological polar surface area (TPSA) is 41.5 Å². The van der Waals surface area contributed by atoms with Gasteiger partial charge in [-0.1, -0.05) is 26.7 Å². The van der Waals surface area contributed by atoms with Gasteiger partial charge in [-0.2, -0.15) is 0 Å². The molecule has 0 aliphatic heterocycles. The van der Waals surface area contributed by atoms with Crippen molar-refractivity contribution >= 4 is 0 Å². The summed E-state index contributed by atoms with van der Waals surface area (Å²) in [6.07, 6.45) is 3.58. The summed E-state index contributed by atoms with van der Waals surface area (Å²) in [5.41, 5.74) is 0. The SMILES string of the molecule is CCCCCOCC(CO)NCC. The average Bonchev–Trinajstić information content (AvgIpc) is 2.16. The van der Waals surface area contributed by atoms with Crippen molar-refractivity contribution in [1.82, 2.24) is 5.32 Å². The summed E-state index contributed by atoms with van der Waals surface area (Å²) < 4.78 is 5.42. The molecule has 80 valence electrons. The maximum Gasteiger partial charge on any atom is 0.0642 e. The molecule has 0 rings (SSSR count). The van der Waals surface area contributed by atoms with Crippen LogP contribution in [-0.4, -0.2) is 37.5 Å². The second-order valence-electron chi connectivity index (χ2n) is 3.22. The van der Waals surface area contributed by atoms with Crippen LogP contribution in [-0.2, 0) is 4.74 Å². The molecule has 0 radical (unpaired) electrons. The average molecular weight is 189 g/mol. The van der Waals surface area contributed by atoms with Gasteiger partial charge >= 0.3 is 0 Å². The van der Waals surface area contributed by atoms with E-state index in [1.54, 1.807) is 0 Å². The monoisotopic (exact) mass is 189 g/mol. The highest BCUT2D eigenvalue weighted by Gasteiger charge is 2.04. The largest absolute Gasteiger partial charge is 0.395 e. The number of ether oxygens (including phenoxy) is 1. The number of rotatable bonds is 9. The molecule has 3 nitrogen and oxygen atoms in total. The van der Waals surface area contributed by atoms with Crippen molar-refractivity contribution in [3.05, 3.63) is 0 Å². The van der Waals surface area contributed by atoms with Crippen molar-refractivity contribution in [2.45, 2.75) is 39.2 Å². The summed E-state index contributed by atoms with van der Waals surface area (Å²) in [7, 11) is 0. The van der Waals surface area contributed by atoms with Gasteiger partial charge in [0, 0.05) is 6.61 Å². The number of nitrogens with one attached hydrogen (secondary N) is 1. The third kappa shape index (κ3) is 8.22. The maximum atomic E-state index is 8.92. The zero-order chi connectivity index (χ0) is 9.94. The fourth-order valence-corrected chi connectivity index (χ4v) is 1.14. The normalized spacial score (nSPS) is 13.2. The zero-order valence-electron chi connectivity index (χ0n) is 8.88. The molecule has 3 heteroatoms. The van der Waals surface area contributed by atoms with Gasteiger partial charge in [0.2, 0.25) is 0 Å². The van der Waals surface area contributed by atoms with Crippen molar-refractivity contribution in [2.24, 2.45) is 0 Å². The Morgan fingerprint density at radius 3 is 2.62 bits per heavy atom. The minimum atomic E-state index is 0.103. The lowest BCUT2D eigenvalue weighted by atomic mass is 10.3. The Balaban J connectivity index is 3.17. The first kappa shape index (κ1) is 12.9. The van der Waals surface area contributed by atoms with Crippen LogP contribution in [0.4, 0.5) is 0 Å². The second kappa shape index (κ2) is 9.96. The predicted octanol–water partition coefficient (Wildman–Crippen LogP) is 1.16. The summed E-state index contributed by atoms with van der Waals surface area (Å²) in [5.74, 6) is 0. The Morgan fingerprint density at radius 1 is 1.31 bits per heavy atom. The lowest BCUT2D eigenvalue weighted by Gasteiger charge is -2.14. The summed E-state index contributed by atoms with van der Waals surface area (Å²) in [5, 5.41) is 12.1. The van der Waals surface area contributed by atoms with E-state index in [2.05, 4.69) is 12.2 Å². The smallest absolute Gasteiger partial charge is 0.0642 e. The first-order valence-electron chi connectivity index (χ1n) is 5.27. The van der Waals surface area contributed by atoms with E-state index in [-0.39, 0.29) is 12.6 Å². The number of aliphatic hydroxyl groups excluding tert-OH is 1. The van der Waals surface area contributed by atoms with Gasteiger partial charge in [-0.3, -0.25) is 0 Å². The molecule has 0 aliphatic carbocycles. The van der Waals surface area contributed by atoms with Gasteiger partial charge < -0.3 is 15.2 Å². The maximum absolute atomic E-state index is 8.92. The van der Waals surface area contributed by atoms with E-state index in [0.29, 0.717) is 6.61 Å². The van der Waals surface area contributed by atoms with E-state index in [1.165, 1.54) is 12.8 Å². The number of likely N-dealkylation sites (N-methyl/N-ethyl adjacent to an activating group) is 1. The Bertz CT molecular complexity index is 98.9. The molecular formula is C10H23NO2. The van der Waals surface area contributed by atoms with Gasteiger partial charge in [0.1, 0.15) is 0 Å². The van der Waals surface area contributed by atoms with Gasteiger partial charge in [0.05, 0.1) is 19.3 Å². The van der Waals surface area contributed by atoms with Crippen LogP contribution in [0.15, 0.2) is 0 Å². The van der Waals surface area contributed by atoms with Crippen molar-refractivity contribution < 1.29 is 9.84 Å². The molecule has 0 fully saturated rings. The van der Waals surface area contributed by atoms with Gasteiger partial charge in [-0.05, 0) is 13.0 Å². The summed E-state index contributed by atoms with van der Waals surface area (Å²) in [6.45, 7) is 6.67. The van der Waals surface area contributed by atoms with Crippen molar-refractivity contribution in [3.8, 4) is 0 Å².